The fraction of sp³-hybridized carbons (Fsp3) is 0.571. The summed E-state index contributed by atoms with van der Waals surface area (Å²) in [6, 6.07) is 3.17. The number of hydrogen-bond acceptors (Lipinski definition) is 1. The van der Waals surface area contributed by atoms with Gasteiger partial charge in [-0.3, -0.25) is 0 Å². The summed E-state index contributed by atoms with van der Waals surface area (Å²) in [7, 11) is 0. The van der Waals surface area contributed by atoms with Crippen LogP contribution >= 0.6 is 0 Å². The van der Waals surface area contributed by atoms with Gasteiger partial charge in [-0.2, -0.15) is 0 Å². The molecule has 2 atom stereocenters. The third kappa shape index (κ3) is 3.77. The first-order valence-electron chi connectivity index (χ1n) is 5.85. The van der Waals surface area contributed by atoms with E-state index in [-0.39, 0.29) is 16.9 Å². The summed E-state index contributed by atoms with van der Waals surface area (Å²) in [5, 5.41) is 9.95. The summed E-state index contributed by atoms with van der Waals surface area (Å²) in [5.74, 6) is -0.871. The molecule has 0 aliphatic rings. The Morgan fingerprint density at radius 1 is 1.24 bits per heavy atom. The lowest BCUT2D eigenvalue weighted by atomic mass is 9.78. The van der Waals surface area contributed by atoms with Gasteiger partial charge in [0.2, 0.25) is 0 Å². The molecule has 0 heterocycles. The van der Waals surface area contributed by atoms with Gasteiger partial charge >= 0.3 is 0 Å². The quantitative estimate of drug-likeness (QED) is 0.847. The molecule has 0 aromatic heterocycles. The average Bonchev–Trinajstić information content (AvgIpc) is 2.20. The van der Waals surface area contributed by atoms with Gasteiger partial charge in [0.1, 0.15) is 11.6 Å². The first kappa shape index (κ1) is 14.1. The highest BCUT2D eigenvalue weighted by atomic mass is 19.1. The predicted octanol–water partition coefficient (Wildman–Crippen LogP) is 4.07. The van der Waals surface area contributed by atoms with Crippen LogP contribution in [0.2, 0.25) is 0 Å². The molecule has 0 radical (unpaired) electrons. The highest BCUT2D eigenvalue weighted by molar-refractivity contribution is 5.21. The Kier molecular flexibility index (Phi) is 4.26. The van der Waals surface area contributed by atoms with Gasteiger partial charge in [0.05, 0.1) is 6.10 Å². The molecule has 3 heteroatoms. The van der Waals surface area contributed by atoms with Crippen LogP contribution in [-0.2, 0) is 0 Å². The maximum Gasteiger partial charge on any atom is 0.129 e. The van der Waals surface area contributed by atoms with Crippen LogP contribution in [0.5, 0.6) is 0 Å². The van der Waals surface area contributed by atoms with Gasteiger partial charge in [-0.1, -0.05) is 27.7 Å². The van der Waals surface area contributed by atoms with Crippen LogP contribution in [0.4, 0.5) is 8.78 Å². The van der Waals surface area contributed by atoms with Crippen LogP contribution in [0.25, 0.3) is 0 Å². The van der Waals surface area contributed by atoms with Crippen molar-refractivity contribution < 1.29 is 13.9 Å². The van der Waals surface area contributed by atoms with Crippen molar-refractivity contribution in [2.24, 2.45) is 11.3 Å². The molecule has 0 saturated heterocycles. The third-order valence-corrected chi connectivity index (χ3v) is 3.37. The molecule has 96 valence electrons. The minimum Gasteiger partial charge on any atom is -0.388 e. The molecular weight excluding hydrogens is 222 g/mol. The second-order valence-corrected chi connectivity index (χ2v) is 5.68. The van der Waals surface area contributed by atoms with Crippen molar-refractivity contribution in [1.82, 2.24) is 0 Å². The molecule has 0 saturated carbocycles. The second kappa shape index (κ2) is 5.13. The smallest absolute Gasteiger partial charge is 0.129 e. The van der Waals surface area contributed by atoms with Gasteiger partial charge in [0.25, 0.3) is 0 Å². The van der Waals surface area contributed by atoms with Gasteiger partial charge in [-0.25, -0.2) is 8.78 Å². The Morgan fingerprint density at radius 2 is 1.82 bits per heavy atom. The molecule has 1 rings (SSSR count). The predicted molar refractivity (Wildman–Crippen MR) is 64.6 cm³/mol. The van der Waals surface area contributed by atoms with E-state index in [1.807, 2.05) is 6.92 Å². The van der Waals surface area contributed by atoms with Gasteiger partial charge in [-0.15, -0.1) is 0 Å². The Balaban J connectivity index is 2.83. The first-order chi connectivity index (χ1) is 7.71. The van der Waals surface area contributed by atoms with Crippen molar-refractivity contribution >= 4 is 0 Å². The van der Waals surface area contributed by atoms with Crippen LogP contribution in [0.3, 0.4) is 0 Å². The van der Waals surface area contributed by atoms with Crippen molar-refractivity contribution in [3.8, 4) is 0 Å². The van der Waals surface area contributed by atoms with Crippen LogP contribution in [0.15, 0.2) is 18.2 Å². The molecule has 0 bridgehead atoms. The van der Waals surface area contributed by atoms with Crippen LogP contribution in [0, 0.1) is 23.0 Å². The minimum atomic E-state index is -0.958. The molecule has 0 aliphatic heterocycles. The molecule has 0 spiro atoms. The van der Waals surface area contributed by atoms with Gasteiger partial charge < -0.3 is 5.11 Å². The van der Waals surface area contributed by atoms with Crippen molar-refractivity contribution in [3.05, 3.63) is 35.4 Å². The lowest BCUT2D eigenvalue weighted by Crippen LogP contribution is -2.20. The van der Waals surface area contributed by atoms with E-state index in [2.05, 4.69) is 20.8 Å². The molecule has 1 nitrogen and oxygen atoms in total. The van der Waals surface area contributed by atoms with E-state index < -0.39 is 17.7 Å². The van der Waals surface area contributed by atoms with Crippen LogP contribution in [0.1, 0.15) is 45.8 Å². The SMILES string of the molecule is CC(CC(O)c1cc(F)ccc1F)C(C)(C)C. The zero-order chi connectivity index (χ0) is 13.2. The minimum absolute atomic E-state index is 0.0325. The molecule has 17 heavy (non-hydrogen) atoms. The first-order valence-corrected chi connectivity index (χ1v) is 5.85. The lowest BCUT2D eigenvalue weighted by molar-refractivity contribution is 0.107. The van der Waals surface area contributed by atoms with Gasteiger partial charge in [0.15, 0.2) is 0 Å². The molecule has 2 unspecified atom stereocenters. The molecule has 0 aliphatic carbocycles. The van der Waals surface area contributed by atoms with Gasteiger partial charge in [0, 0.05) is 5.56 Å². The number of halogens is 2. The van der Waals surface area contributed by atoms with E-state index in [1.54, 1.807) is 0 Å². The standard InChI is InChI=1S/C14H20F2O/c1-9(14(2,3)4)7-13(17)11-8-10(15)5-6-12(11)16/h5-6,8-9,13,17H,7H2,1-4H3. The highest BCUT2D eigenvalue weighted by Gasteiger charge is 2.24. The summed E-state index contributed by atoms with van der Waals surface area (Å²) < 4.78 is 26.4. The zero-order valence-corrected chi connectivity index (χ0v) is 10.8. The maximum absolute atomic E-state index is 13.4. The fourth-order valence-electron chi connectivity index (χ4n) is 1.59. The fourth-order valence-corrected chi connectivity index (χ4v) is 1.59. The van der Waals surface area contributed by atoms with Gasteiger partial charge in [-0.05, 0) is 36.0 Å². The van der Waals surface area contributed by atoms with E-state index in [4.69, 9.17) is 0 Å². The molecular formula is C14H20F2O. The Hall–Kier alpha value is -0.960. The monoisotopic (exact) mass is 242 g/mol. The third-order valence-electron chi connectivity index (χ3n) is 3.37. The van der Waals surface area contributed by atoms with Crippen molar-refractivity contribution in [2.45, 2.75) is 40.2 Å². The second-order valence-electron chi connectivity index (χ2n) is 5.68. The van der Waals surface area contributed by atoms with Crippen LogP contribution < -0.4 is 0 Å². The molecule has 1 aromatic carbocycles. The number of rotatable bonds is 3. The van der Waals surface area contributed by atoms with Crippen molar-refractivity contribution in [2.75, 3.05) is 0 Å². The zero-order valence-electron chi connectivity index (χ0n) is 10.8. The average molecular weight is 242 g/mol. The Morgan fingerprint density at radius 3 is 2.35 bits per heavy atom. The Labute approximate surface area is 101 Å². The van der Waals surface area contributed by atoms with E-state index in [0.29, 0.717) is 6.42 Å². The topological polar surface area (TPSA) is 20.2 Å². The summed E-state index contributed by atoms with van der Waals surface area (Å²) >= 11 is 0. The Bertz CT molecular complexity index is 382. The van der Waals surface area contributed by atoms with E-state index in [9.17, 15) is 13.9 Å². The molecule has 0 amide bonds. The normalized spacial score (nSPS) is 15.7. The summed E-state index contributed by atoms with van der Waals surface area (Å²) in [4.78, 5) is 0. The highest BCUT2D eigenvalue weighted by Crippen LogP contribution is 2.33. The van der Waals surface area contributed by atoms with E-state index in [0.717, 1.165) is 18.2 Å². The van der Waals surface area contributed by atoms with E-state index in [1.165, 1.54) is 0 Å². The molecule has 1 aromatic rings. The van der Waals surface area contributed by atoms with Crippen molar-refractivity contribution in [1.29, 1.82) is 0 Å². The maximum atomic E-state index is 13.4. The molecule has 1 N–H and O–H groups in total. The number of hydrogen-bond donors (Lipinski definition) is 1. The number of aliphatic hydroxyl groups is 1. The summed E-state index contributed by atoms with van der Waals surface area (Å²) in [6.45, 7) is 8.19. The van der Waals surface area contributed by atoms with Crippen molar-refractivity contribution in [3.63, 3.8) is 0 Å². The summed E-state index contributed by atoms with van der Waals surface area (Å²) in [6.07, 6.45) is -0.538. The largest absolute Gasteiger partial charge is 0.388 e. The van der Waals surface area contributed by atoms with E-state index >= 15 is 0 Å². The molecule has 0 fully saturated rings. The number of aliphatic hydroxyl groups excluding tert-OH is 1. The number of benzene rings is 1. The summed E-state index contributed by atoms with van der Waals surface area (Å²) in [5.41, 5.74) is 0.0752. The van der Waals surface area contributed by atoms with Crippen LogP contribution in [-0.4, -0.2) is 5.11 Å². The lowest BCUT2D eigenvalue weighted by Gasteiger charge is -2.29.